The van der Waals surface area contributed by atoms with Crippen LogP contribution in [0.5, 0.6) is 5.88 Å². The molecule has 50 heavy (non-hydrogen) atoms. The Hall–Kier alpha value is -4.39. The smallest absolute Gasteiger partial charge is 0.418 e. The van der Waals surface area contributed by atoms with Crippen molar-refractivity contribution >= 4 is 34.6 Å². The number of ether oxygens (including phenoxy) is 1. The van der Waals surface area contributed by atoms with Crippen molar-refractivity contribution in [3.63, 3.8) is 0 Å². The molecule has 2 heterocycles. The molecule has 3 N–H and O–H groups in total. The van der Waals surface area contributed by atoms with Gasteiger partial charge in [-0.15, -0.1) is 0 Å². The summed E-state index contributed by atoms with van der Waals surface area (Å²) >= 11 is 0. The molecule has 0 atom stereocenters. The summed E-state index contributed by atoms with van der Waals surface area (Å²) in [6.45, 7) is -0.486. The van der Waals surface area contributed by atoms with Crippen molar-refractivity contribution in [2.75, 3.05) is 11.9 Å². The number of carbonyl (C=O) groups excluding carboxylic acids is 2. The topological polar surface area (TPSA) is 110 Å². The van der Waals surface area contributed by atoms with Gasteiger partial charge in [-0.3, -0.25) is 14.2 Å². The highest BCUT2D eigenvalue weighted by Gasteiger charge is 2.52. The average Bonchev–Trinajstić information content (AvgIpc) is 3.30. The standard InChI is InChI=1S/C30H31F11N6O3/c1-27(2,30(39,40)41)25(49)42-12-14-4-9-18(29(36,37)38)19(10-14)44-26-45-20-11-17(24(50-13-21(31)32)46-22(20)47(26)3)23(48)43-16-7-5-15(6-8-16)28(33,34)35/h4,9-11,15-16,21H,5-8,12-13H2,1-3H3,(H,42,49)(H,43,48)(H,44,45). The van der Waals surface area contributed by atoms with E-state index in [0.29, 0.717) is 19.9 Å². The van der Waals surface area contributed by atoms with Crippen LogP contribution in [0.1, 0.15) is 61.0 Å². The molecular formula is C30H31F11N6O3. The van der Waals surface area contributed by atoms with Crippen molar-refractivity contribution < 1.29 is 62.6 Å². The minimum absolute atomic E-state index is 0.0131. The molecule has 0 unspecified atom stereocenters. The van der Waals surface area contributed by atoms with E-state index in [-0.39, 0.29) is 48.4 Å². The van der Waals surface area contributed by atoms with E-state index < -0.39 is 90.0 Å². The first-order chi connectivity index (χ1) is 23.0. The lowest BCUT2D eigenvalue weighted by Crippen LogP contribution is -2.46. The minimum Gasteiger partial charge on any atom is -0.471 e. The normalized spacial score (nSPS) is 17.6. The van der Waals surface area contributed by atoms with Crippen LogP contribution in [0.2, 0.25) is 0 Å². The number of hydrogen-bond donors (Lipinski definition) is 3. The molecule has 1 aliphatic rings. The van der Waals surface area contributed by atoms with E-state index in [0.717, 1.165) is 22.8 Å². The molecule has 2 amide bonds. The Morgan fingerprint density at radius 3 is 2.16 bits per heavy atom. The second-order valence-electron chi connectivity index (χ2n) is 12.3. The van der Waals surface area contributed by atoms with E-state index in [2.05, 4.69) is 25.9 Å². The molecule has 1 aliphatic carbocycles. The van der Waals surface area contributed by atoms with Gasteiger partial charge in [-0.2, -0.15) is 44.5 Å². The monoisotopic (exact) mass is 732 g/mol. The van der Waals surface area contributed by atoms with Crippen LogP contribution in [0.4, 0.5) is 59.9 Å². The number of aromatic nitrogens is 3. The summed E-state index contributed by atoms with van der Waals surface area (Å²) < 4.78 is 153. The fraction of sp³-hybridized carbons (Fsp3) is 0.533. The van der Waals surface area contributed by atoms with Crippen molar-refractivity contribution in [1.29, 1.82) is 0 Å². The van der Waals surface area contributed by atoms with Crippen LogP contribution < -0.4 is 20.7 Å². The van der Waals surface area contributed by atoms with E-state index in [1.807, 2.05) is 0 Å². The fourth-order valence-electron chi connectivity index (χ4n) is 5.15. The van der Waals surface area contributed by atoms with Gasteiger partial charge < -0.3 is 20.7 Å². The summed E-state index contributed by atoms with van der Waals surface area (Å²) in [5.74, 6) is -4.76. The number of carbonyl (C=O) groups is 2. The number of imidazole rings is 1. The number of anilines is 2. The van der Waals surface area contributed by atoms with Crippen LogP contribution in [0, 0.1) is 11.3 Å². The van der Waals surface area contributed by atoms with E-state index >= 15 is 0 Å². The first-order valence-electron chi connectivity index (χ1n) is 15.0. The molecule has 0 bridgehead atoms. The number of rotatable bonds is 10. The van der Waals surface area contributed by atoms with Gasteiger partial charge in [-0.25, -0.2) is 13.8 Å². The number of nitrogens with zero attached hydrogens (tertiary/aromatic N) is 3. The zero-order chi connectivity index (χ0) is 37.4. The van der Waals surface area contributed by atoms with Gasteiger partial charge >= 0.3 is 18.5 Å². The predicted octanol–water partition coefficient (Wildman–Crippen LogP) is 7.43. The Kier molecular flexibility index (Phi) is 10.8. The molecule has 0 spiro atoms. The minimum atomic E-state index is -4.94. The second-order valence-corrected chi connectivity index (χ2v) is 12.3. The van der Waals surface area contributed by atoms with Crippen molar-refractivity contribution in [1.82, 2.24) is 25.2 Å². The maximum atomic E-state index is 14.0. The molecule has 4 rings (SSSR count). The molecule has 2 aromatic heterocycles. The number of nitrogens with one attached hydrogen (secondary N) is 3. The summed E-state index contributed by atoms with van der Waals surface area (Å²) in [6.07, 6.45) is -17.7. The lowest BCUT2D eigenvalue weighted by molar-refractivity contribution is -0.211. The van der Waals surface area contributed by atoms with Crippen molar-refractivity contribution in [2.24, 2.45) is 18.4 Å². The maximum absolute atomic E-state index is 14.0. The van der Waals surface area contributed by atoms with Crippen molar-refractivity contribution in [3.8, 4) is 5.88 Å². The molecule has 1 aromatic carbocycles. The molecule has 9 nitrogen and oxygen atoms in total. The number of aryl methyl sites for hydroxylation is 1. The zero-order valence-corrected chi connectivity index (χ0v) is 26.5. The number of hydrogen-bond acceptors (Lipinski definition) is 6. The Balaban J connectivity index is 1.64. The lowest BCUT2D eigenvalue weighted by atomic mass is 9.85. The zero-order valence-electron chi connectivity index (χ0n) is 26.5. The van der Waals surface area contributed by atoms with Crippen molar-refractivity contribution in [3.05, 3.63) is 41.0 Å². The second kappa shape index (κ2) is 14.1. The van der Waals surface area contributed by atoms with E-state index in [9.17, 15) is 57.9 Å². The molecule has 1 fully saturated rings. The van der Waals surface area contributed by atoms with E-state index in [1.165, 1.54) is 7.05 Å². The number of fused-ring (bicyclic) bond motifs is 1. The van der Waals surface area contributed by atoms with Gasteiger partial charge in [0.05, 0.1) is 17.2 Å². The Morgan fingerprint density at radius 1 is 0.960 bits per heavy atom. The quantitative estimate of drug-likeness (QED) is 0.187. The third kappa shape index (κ3) is 8.66. The summed E-state index contributed by atoms with van der Waals surface area (Å²) in [6, 6.07) is 2.92. The van der Waals surface area contributed by atoms with Crippen molar-refractivity contribution in [2.45, 2.75) is 77.1 Å². The highest BCUT2D eigenvalue weighted by Crippen LogP contribution is 2.40. The number of benzene rings is 1. The van der Waals surface area contributed by atoms with Crippen LogP contribution >= 0.6 is 0 Å². The number of halogens is 11. The fourth-order valence-corrected chi connectivity index (χ4v) is 5.15. The Labute approximate surface area is 276 Å². The predicted molar refractivity (Wildman–Crippen MR) is 156 cm³/mol. The van der Waals surface area contributed by atoms with Gasteiger partial charge in [0.15, 0.2) is 12.3 Å². The molecule has 1 saturated carbocycles. The Morgan fingerprint density at radius 2 is 1.60 bits per heavy atom. The summed E-state index contributed by atoms with van der Waals surface area (Å²) in [4.78, 5) is 33.7. The van der Waals surface area contributed by atoms with E-state index in [1.54, 1.807) is 0 Å². The summed E-state index contributed by atoms with van der Waals surface area (Å²) in [7, 11) is 1.29. The molecule has 0 radical (unpaired) electrons. The molecular weight excluding hydrogens is 701 g/mol. The highest BCUT2D eigenvalue weighted by atomic mass is 19.4. The SMILES string of the molecule is Cn1c(Nc2cc(CNC(=O)C(C)(C)C(F)(F)F)ccc2C(F)(F)F)nc2cc(C(=O)NC3CCC(C(F)(F)F)CC3)c(OCC(F)F)nc21. The third-order valence-electron chi connectivity index (χ3n) is 8.29. The number of alkyl halides is 11. The van der Waals surface area contributed by atoms with E-state index in [4.69, 9.17) is 4.74 Å². The van der Waals surface area contributed by atoms with Gasteiger partial charge in [0.2, 0.25) is 17.7 Å². The highest BCUT2D eigenvalue weighted by molar-refractivity contribution is 5.99. The molecule has 0 aliphatic heterocycles. The Bertz CT molecular complexity index is 1710. The first kappa shape index (κ1) is 38.4. The van der Waals surface area contributed by atoms with Gasteiger partial charge in [0.1, 0.15) is 16.5 Å². The molecule has 20 heteroatoms. The molecule has 0 saturated heterocycles. The molecule has 276 valence electrons. The van der Waals surface area contributed by atoms with Gasteiger partial charge in [0, 0.05) is 19.6 Å². The van der Waals surface area contributed by atoms with Crippen LogP contribution in [-0.4, -0.2) is 57.8 Å². The summed E-state index contributed by atoms with van der Waals surface area (Å²) in [5.41, 5.74) is -5.31. The van der Waals surface area contributed by atoms with Crippen LogP contribution in [-0.2, 0) is 24.6 Å². The van der Waals surface area contributed by atoms with Crippen LogP contribution in [0.3, 0.4) is 0 Å². The number of amides is 2. The number of pyridine rings is 1. The first-order valence-corrected chi connectivity index (χ1v) is 15.0. The molecule has 3 aromatic rings. The van der Waals surface area contributed by atoms with Gasteiger partial charge in [0.25, 0.3) is 12.3 Å². The summed E-state index contributed by atoms with van der Waals surface area (Å²) in [5, 5.41) is 7.07. The lowest BCUT2D eigenvalue weighted by Gasteiger charge is -2.30. The maximum Gasteiger partial charge on any atom is 0.418 e. The third-order valence-corrected chi connectivity index (χ3v) is 8.29. The van der Waals surface area contributed by atoms with Crippen LogP contribution in [0.25, 0.3) is 11.2 Å². The van der Waals surface area contributed by atoms with Gasteiger partial charge in [-0.05, 0) is 63.3 Å². The van der Waals surface area contributed by atoms with Crippen LogP contribution in [0.15, 0.2) is 24.3 Å². The van der Waals surface area contributed by atoms with Gasteiger partial charge in [-0.1, -0.05) is 6.07 Å². The largest absolute Gasteiger partial charge is 0.471 e. The average molecular weight is 733 g/mol.